The van der Waals surface area contributed by atoms with Gasteiger partial charge in [0.1, 0.15) is 0 Å². The summed E-state index contributed by atoms with van der Waals surface area (Å²) in [5.74, 6) is -1.21. The molecule has 0 unspecified atom stereocenters. The predicted octanol–water partition coefficient (Wildman–Crippen LogP) is 1.65. The van der Waals surface area contributed by atoms with Crippen LogP contribution in [0.2, 0.25) is 0 Å². The zero-order valence-corrected chi connectivity index (χ0v) is 13.3. The zero-order chi connectivity index (χ0) is 16.8. The first-order valence-corrected chi connectivity index (χ1v) is 8.18. The fraction of sp³-hybridized carbons (Fsp3) is 0.200. The lowest BCUT2D eigenvalue weighted by Gasteiger charge is -2.15. The van der Waals surface area contributed by atoms with Gasteiger partial charge in [-0.1, -0.05) is 18.2 Å². The molecule has 0 saturated heterocycles. The van der Waals surface area contributed by atoms with Gasteiger partial charge in [-0.25, -0.2) is 13.2 Å². The molecule has 0 atom stereocenters. The molecule has 0 aliphatic carbocycles. The minimum absolute atomic E-state index is 0.255. The summed E-state index contributed by atoms with van der Waals surface area (Å²) in [6.07, 6.45) is 4.69. The monoisotopic (exact) mass is 323 g/mol. The standard InChI is InChI=1S/C15H17NO5S/c1-12(17)16(13-8-5-4-6-9-13)11-7-10-14(15(18)21-2)22(3,19)20/h4-11H,1-3H3. The second-order valence-corrected chi connectivity index (χ2v) is 6.34. The van der Waals surface area contributed by atoms with Crippen LogP contribution in [0.5, 0.6) is 0 Å². The van der Waals surface area contributed by atoms with Gasteiger partial charge in [0.05, 0.1) is 7.11 Å². The van der Waals surface area contributed by atoms with Crippen LogP contribution in [0.4, 0.5) is 5.69 Å². The van der Waals surface area contributed by atoms with Gasteiger partial charge in [-0.3, -0.25) is 9.69 Å². The summed E-state index contributed by atoms with van der Waals surface area (Å²) in [7, 11) is -2.63. The Labute approximate surface area is 129 Å². The van der Waals surface area contributed by atoms with E-state index in [4.69, 9.17) is 0 Å². The smallest absolute Gasteiger partial charge is 0.349 e. The van der Waals surface area contributed by atoms with Crippen LogP contribution >= 0.6 is 0 Å². The van der Waals surface area contributed by atoms with E-state index in [0.29, 0.717) is 5.69 Å². The number of rotatable bonds is 5. The number of hydrogen-bond donors (Lipinski definition) is 0. The second-order valence-electron chi connectivity index (χ2n) is 4.36. The van der Waals surface area contributed by atoms with E-state index in [0.717, 1.165) is 19.4 Å². The lowest BCUT2D eigenvalue weighted by atomic mass is 10.3. The van der Waals surface area contributed by atoms with Crippen molar-refractivity contribution >= 4 is 27.4 Å². The number of sulfone groups is 1. The molecule has 0 aromatic heterocycles. The number of carbonyl (C=O) groups is 2. The summed E-state index contributed by atoms with van der Waals surface area (Å²) in [4.78, 5) is 23.9. The first kappa shape index (κ1) is 17.6. The molecule has 1 amide bonds. The van der Waals surface area contributed by atoms with E-state index in [-0.39, 0.29) is 5.91 Å². The third kappa shape index (κ3) is 4.85. The van der Waals surface area contributed by atoms with E-state index in [1.807, 2.05) is 6.07 Å². The number of allylic oxidation sites excluding steroid dienone is 2. The molecule has 118 valence electrons. The fourth-order valence-electron chi connectivity index (χ4n) is 1.62. The second kappa shape index (κ2) is 7.56. The van der Waals surface area contributed by atoms with Gasteiger partial charge in [0.2, 0.25) is 5.91 Å². The molecule has 0 aliphatic rings. The highest BCUT2D eigenvalue weighted by atomic mass is 32.2. The van der Waals surface area contributed by atoms with Gasteiger partial charge in [0.25, 0.3) is 0 Å². The molecule has 0 heterocycles. The normalized spacial score (nSPS) is 12.2. The summed E-state index contributed by atoms with van der Waals surface area (Å²) in [5.41, 5.74) is 0.624. The number of nitrogens with zero attached hydrogens (tertiary/aromatic N) is 1. The molecular formula is C15H17NO5S. The van der Waals surface area contributed by atoms with E-state index in [9.17, 15) is 18.0 Å². The van der Waals surface area contributed by atoms with E-state index >= 15 is 0 Å². The van der Waals surface area contributed by atoms with Gasteiger partial charge < -0.3 is 4.74 Å². The van der Waals surface area contributed by atoms with Crippen LogP contribution in [0.15, 0.2) is 53.6 Å². The number of benzene rings is 1. The van der Waals surface area contributed by atoms with Crippen LogP contribution in [-0.2, 0) is 24.2 Å². The summed E-state index contributed by atoms with van der Waals surface area (Å²) in [6, 6.07) is 8.81. The quantitative estimate of drug-likeness (QED) is 0.467. The number of para-hydroxylation sites is 1. The first-order chi connectivity index (χ1) is 10.3. The lowest BCUT2D eigenvalue weighted by Crippen LogP contribution is -2.21. The van der Waals surface area contributed by atoms with Gasteiger partial charge in [0, 0.05) is 25.1 Å². The van der Waals surface area contributed by atoms with Gasteiger partial charge in [0.15, 0.2) is 14.7 Å². The molecule has 0 saturated carbocycles. The maximum Gasteiger partial charge on any atom is 0.349 e. The van der Waals surface area contributed by atoms with Crippen molar-refractivity contribution in [3.05, 3.63) is 53.6 Å². The molecule has 1 aromatic rings. The molecule has 7 heteroatoms. The molecule has 0 bridgehead atoms. The highest BCUT2D eigenvalue weighted by Gasteiger charge is 2.20. The van der Waals surface area contributed by atoms with Gasteiger partial charge >= 0.3 is 5.97 Å². The molecule has 6 nitrogen and oxygen atoms in total. The number of ether oxygens (including phenoxy) is 1. The minimum atomic E-state index is -3.73. The molecular weight excluding hydrogens is 306 g/mol. The number of anilines is 1. The predicted molar refractivity (Wildman–Crippen MR) is 83.7 cm³/mol. The average Bonchev–Trinajstić information content (AvgIpc) is 2.45. The molecule has 0 fully saturated rings. The van der Waals surface area contributed by atoms with Crippen molar-refractivity contribution in [2.24, 2.45) is 0 Å². The highest BCUT2D eigenvalue weighted by molar-refractivity contribution is 7.95. The van der Waals surface area contributed by atoms with Crippen LogP contribution < -0.4 is 4.90 Å². The summed E-state index contributed by atoms with van der Waals surface area (Å²) >= 11 is 0. The third-order valence-corrected chi connectivity index (χ3v) is 3.74. The van der Waals surface area contributed by atoms with Crippen molar-refractivity contribution in [3.8, 4) is 0 Å². The zero-order valence-electron chi connectivity index (χ0n) is 12.5. The third-order valence-electron chi connectivity index (χ3n) is 2.64. The number of amides is 1. The van der Waals surface area contributed by atoms with Crippen molar-refractivity contribution in [2.45, 2.75) is 6.92 Å². The van der Waals surface area contributed by atoms with Gasteiger partial charge in [-0.15, -0.1) is 0 Å². The lowest BCUT2D eigenvalue weighted by molar-refractivity contribution is -0.135. The fourth-order valence-corrected chi connectivity index (χ4v) is 2.33. The highest BCUT2D eigenvalue weighted by Crippen LogP contribution is 2.14. The van der Waals surface area contributed by atoms with Gasteiger partial charge in [-0.05, 0) is 24.3 Å². The summed E-state index contributed by atoms with van der Waals surface area (Å²) in [5, 5.41) is 0. The maximum atomic E-state index is 11.7. The Morgan fingerprint density at radius 3 is 2.23 bits per heavy atom. The van der Waals surface area contributed by atoms with Crippen LogP contribution in [0.1, 0.15) is 6.92 Å². The average molecular weight is 323 g/mol. The number of esters is 1. The summed E-state index contributed by atoms with van der Waals surface area (Å²) in [6.45, 7) is 1.37. The SMILES string of the molecule is COC(=O)C(=CC=CN(C(C)=O)c1ccccc1)S(C)(=O)=O. The maximum absolute atomic E-state index is 11.7. The number of hydrogen-bond acceptors (Lipinski definition) is 5. The van der Waals surface area contributed by atoms with E-state index in [1.165, 1.54) is 24.1 Å². The number of methoxy groups -OCH3 is 1. The Bertz CT molecular complexity index is 705. The molecule has 0 aliphatic heterocycles. The van der Waals surface area contributed by atoms with E-state index < -0.39 is 20.7 Å². The van der Waals surface area contributed by atoms with Gasteiger partial charge in [-0.2, -0.15) is 0 Å². The molecule has 1 aromatic carbocycles. The molecule has 22 heavy (non-hydrogen) atoms. The summed E-state index contributed by atoms with van der Waals surface area (Å²) < 4.78 is 27.5. The van der Waals surface area contributed by atoms with Crippen LogP contribution in [0.3, 0.4) is 0 Å². The molecule has 0 spiro atoms. The van der Waals surface area contributed by atoms with Crippen LogP contribution in [-0.4, -0.2) is 33.7 Å². The van der Waals surface area contributed by atoms with Crippen molar-refractivity contribution in [1.29, 1.82) is 0 Å². The van der Waals surface area contributed by atoms with Crippen LogP contribution in [0, 0.1) is 0 Å². The number of carbonyl (C=O) groups excluding carboxylic acids is 2. The Balaban J connectivity index is 3.13. The van der Waals surface area contributed by atoms with Crippen molar-refractivity contribution in [3.63, 3.8) is 0 Å². The molecule has 0 N–H and O–H groups in total. The van der Waals surface area contributed by atoms with Crippen molar-refractivity contribution in [1.82, 2.24) is 0 Å². The van der Waals surface area contributed by atoms with Crippen LogP contribution in [0.25, 0.3) is 0 Å². The Hall–Kier alpha value is -2.41. The van der Waals surface area contributed by atoms with E-state index in [2.05, 4.69) is 4.74 Å². The Morgan fingerprint density at radius 1 is 1.18 bits per heavy atom. The van der Waals surface area contributed by atoms with Crippen molar-refractivity contribution < 1.29 is 22.7 Å². The van der Waals surface area contributed by atoms with E-state index in [1.54, 1.807) is 24.3 Å². The largest absolute Gasteiger partial charge is 0.465 e. The Kier molecular flexibility index (Phi) is 6.06. The topological polar surface area (TPSA) is 80.8 Å². The molecule has 0 radical (unpaired) electrons. The minimum Gasteiger partial charge on any atom is -0.465 e. The van der Waals surface area contributed by atoms with Crippen molar-refractivity contribution in [2.75, 3.05) is 18.3 Å². The first-order valence-electron chi connectivity index (χ1n) is 6.29. The Morgan fingerprint density at radius 2 is 1.77 bits per heavy atom. The molecule has 1 rings (SSSR count).